The van der Waals surface area contributed by atoms with Crippen LogP contribution in [0.2, 0.25) is 0 Å². The summed E-state index contributed by atoms with van der Waals surface area (Å²) in [5.74, 6) is 0.898. The molecule has 2 nitrogen and oxygen atoms in total. The van der Waals surface area contributed by atoms with Crippen LogP contribution in [0, 0.1) is 0 Å². The number of ether oxygens (including phenoxy) is 1. The Kier molecular flexibility index (Phi) is 3.51. The Morgan fingerprint density at radius 2 is 1.92 bits per heavy atom. The number of hydrogen-bond donors (Lipinski definition) is 1. The minimum absolute atomic E-state index is 0.362. The van der Waals surface area contributed by atoms with E-state index >= 15 is 0 Å². The lowest BCUT2D eigenvalue weighted by atomic mass is 10.1. The fraction of sp³-hybridized carbons (Fsp3) is 0.333. The van der Waals surface area contributed by atoms with E-state index in [0.29, 0.717) is 6.04 Å². The Bertz CT molecular complexity index is 235. The van der Waals surface area contributed by atoms with Gasteiger partial charge in [0.2, 0.25) is 0 Å². The second-order valence-corrected chi connectivity index (χ2v) is 2.99. The van der Waals surface area contributed by atoms with E-state index in [1.807, 2.05) is 12.1 Å². The van der Waals surface area contributed by atoms with Crippen LogP contribution >= 0.6 is 9.39 Å². The van der Waals surface area contributed by atoms with Gasteiger partial charge in [0, 0.05) is 6.04 Å². The molecule has 0 saturated heterocycles. The Labute approximate surface area is 75.6 Å². The van der Waals surface area contributed by atoms with E-state index in [9.17, 15) is 0 Å². The predicted octanol–water partition coefficient (Wildman–Crippen LogP) is 2.14. The molecule has 0 bridgehead atoms. The molecule has 0 spiro atoms. The van der Waals surface area contributed by atoms with Crippen LogP contribution in [0.4, 0.5) is 0 Å². The maximum Gasteiger partial charge on any atom is 0.118 e. The second kappa shape index (κ2) is 4.44. The van der Waals surface area contributed by atoms with Crippen molar-refractivity contribution < 1.29 is 4.74 Å². The molecule has 0 aromatic heterocycles. The molecule has 0 aliphatic heterocycles. The molecule has 0 fully saturated rings. The largest absolute Gasteiger partial charge is 0.497 e. The van der Waals surface area contributed by atoms with Gasteiger partial charge < -0.3 is 4.74 Å². The van der Waals surface area contributed by atoms with Crippen molar-refractivity contribution in [2.75, 3.05) is 7.11 Å². The zero-order chi connectivity index (χ0) is 8.97. The van der Waals surface area contributed by atoms with Gasteiger partial charge in [-0.05, 0) is 24.6 Å². The molecule has 12 heavy (non-hydrogen) atoms. The number of benzene rings is 1. The lowest BCUT2D eigenvalue weighted by Gasteiger charge is -2.10. The van der Waals surface area contributed by atoms with Crippen molar-refractivity contribution in [2.45, 2.75) is 13.0 Å². The van der Waals surface area contributed by atoms with Crippen molar-refractivity contribution in [1.29, 1.82) is 0 Å². The highest BCUT2D eigenvalue weighted by Crippen LogP contribution is 2.17. The lowest BCUT2D eigenvalue weighted by molar-refractivity contribution is 0.414. The molecule has 0 radical (unpaired) electrons. The molecule has 1 aromatic rings. The molecule has 1 rings (SSSR count). The van der Waals surface area contributed by atoms with E-state index in [4.69, 9.17) is 4.74 Å². The minimum Gasteiger partial charge on any atom is -0.497 e. The van der Waals surface area contributed by atoms with Crippen LogP contribution in [-0.4, -0.2) is 7.11 Å². The minimum atomic E-state index is 0.362. The van der Waals surface area contributed by atoms with Crippen LogP contribution in [-0.2, 0) is 0 Å². The first-order valence-corrected chi connectivity index (χ1v) is 4.45. The summed E-state index contributed by atoms with van der Waals surface area (Å²) in [4.78, 5) is 0. The third-order valence-corrected chi connectivity index (χ3v) is 2.37. The van der Waals surface area contributed by atoms with E-state index in [1.54, 1.807) is 7.11 Å². The Balaban J connectivity index is 2.77. The molecule has 2 unspecified atom stereocenters. The number of hydrogen-bond acceptors (Lipinski definition) is 2. The molecule has 3 heteroatoms. The van der Waals surface area contributed by atoms with Crippen molar-refractivity contribution >= 4 is 9.39 Å². The summed E-state index contributed by atoms with van der Waals surface area (Å²) in [6.07, 6.45) is 0. The van der Waals surface area contributed by atoms with Gasteiger partial charge in [-0.1, -0.05) is 21.5 Å². The lowest BCUT2D eigenvalue weighted by Crippen LogP contribution is -2.05. The summed E-state index contributed by atoms with van der Waals surface area (Å²) < 4.78 is 5.06. The zero-order valence-corrected chi connectivity index (χ0v) is 8.53. The van der Waals surface area contributed by atoms with Crippen molar-refractivity contribution in [2.24, 2.45) is 0 Å². The summed E-state index contributed by atoms with van der Waals surface area (Å²) in [7, 11) is 4.18. The quantitative estimate of drug-likeness (QED) is 0.725. The topological polar surface area (TPSA) is 21.3 Å². The van der Waals surface area contributed by atoms with E-state index in [2.05, 4.69) is 33.5 Å². The summed E-state index contributed by atoms with van der Waals surface area (Å²) >= 11 is 0. The summed E-state index contributed by atoms with van der Waals surface area (Å²) in [5, 5.41) is 3.09. The van der Waals surface area contributed by atoms with E-state index < -0.39 is 0 Å². The maximum absolute atomic E-state index is 5.06. The molecule has 0 amide bonds. The summed E-state index contributed by atoms with van der Waals surface area (Å²) in [5.41, 5.74) is 1.26. The van der Waals surface area contributed by atoms with Crippen LogP contribution in [0.25, 0.3) is 0 Å². The van der Waals surface area contributed by atoms with Gasteiger partial charge in [0.25, 0.3) is 0 Å². The van der Waals surface area contributed by atoms with Crippen molar-refractivity contribution in [1.82, 2.24) is 5.09 Å². The molecule has 1 N–H and O–H groups in total. The number of methoxy groups -OCH3 is 1. The normalized spacial score (nSPS) is 12.6. The number of rotatable bonds is 3. The highest BCUT2D eigenvalue weighted by atomic mass is 31.0. The van der Waals surface area contributed by atoms with E-state index in [0.717, 1.165) is 5.75 Å². The first-order chi connectivity index (χ1) is 5.77. The Morgan fingerprint density at radius 1 is 1.33 bits per heavy atom. The SMILES string of the molecule is COc1ccc(C(C)NP)cc1. The van der Waals surface area contributed by atoms with Gasteiger partial charge in [0.05, 0.1) is 7.11 Å². The van der Waals surface area contributed by atoms with Crippen LogP contribution in [0.15, 0.2) is 24.3 Å². The van der Waals surface area contributed by atoms with Gasteiger partial charge >= 0.3 is 0 Å². The number of nitrogens with one attached hydrogen (secondary N) is 1. The molecule has 0 aliphatic carbocycles. The summed E-state index contributed by atoms with van der Waals surface area (Å²) in [6, 6.07) is 8.41. The van der Waals surface area contributed by atoms with Crippen LogP contribution in [0.1, 0.15) is 18.5 Å². The maximum atomic E-state index is 5.06. The highest BCUT2D eigenvalue weighted by molar-refractivity contribution is 7.13. The average molecular weight is 183 g/mol. The van der Waals surface area contributed by atoms with Gasteiger partial charge in [-0.2, -0.15) is 0 Å². The fourth-order valence-corrected chi connectivity index (χ4v) is 1.18. The van der Waals surface area contributed by atoms with Crippen LogP contribution < -0.4 is 9.82 Å². The first-order valence-electron chi connectivity index (χ1n) is 3.88. The van der Waals surface area contributed by atoms with Crippen LogP contribution in [0.3, 0.4) is 0 Å². The molecule has 2 atom stereocenters. The third kappa shape index (κ3) is 2.20. The predicted molar refractivity (Wildman–Crippen MR) is 54.3 cm³/mol. The van der Waals surface area contributed by atoms with Gasteiger partial charge in [0.15, 0.2) is 0 Å². The van der Waals surface area contributed by atoms with Gasteiger partial charge in [0.1, 0.15) is 5.75 Å². The Morgan fingerprint density at radius 3 is 2.33 bits per heavy atom. The van der Waals surface area contributed by atoms with E-state index in [1.165, 1.54) is 5.56 Å². The smallest absolute Gasteiger partial charge is 0.118 e. The highest BCUT2D eigenvalue weighted by Gasteiger charge is 2.00. The van der Waals surface area contributed by atoms with Crippen molar-refractivity contribution in [3.05, 3.63) is 29.8 Å². The fourth-order valence-electron chi connectivity index (χ4n) is 0.989. The summed E-state index contributed by atoms with van der Waals surface area (Å²) in [6.45, 7) is 2.11. The molecule has 0 aliphatic rings. The molecule has 1 aromatic carbocycles. The van der Waals surface area contributed by atoms with Gasteiger partial charge in [-0.3, -0.25) is 5.09 Å². The molecule has 66 valence electrons. The monoisotopic (exact) mass is 183 g/mol. The molecule has 0 saturated carbocycles. The molecule has 0 heterocycles. The third-order valence-electron chi connectivity index (χ3n) is 1.87. The first kappa shape index (κ1) is 9.50. The second-order valence-electron chi connectivity index (χ2n) is 2.66. The Hall–Kier alpha value is -0.590. The van der Waals surface area contributed by atoms with Gasteiger partial charge in [-0.25, -0.2) is 0 Å². The van der Waals surface area contributed by atoms with Crippen molar-refractivity contribution in [3.8, 4) is 5.75 Å². The standard InChI is InChI=1S/C9H14NOP/c1-7(10-12)8-3-5-9(11-2)6-4-8/h3-7,10H,12H2,1-2H3. The van der Waals surface area contributed by atoms with Crippen LogP contribution in [0.5, 0.6) is 5.75 Å². The zero-order valence-electron chi connectivity index (χ0n) is 7.37. The molecular weight excluding hydrogens is 169 g/mol. The van der Waals surface area contributed by atoms with E-state index in [-0.39, 0.29) is 0 Å². The van der Waals surface area contributed by atoms with Crippen molar-refractivity contribution in [3.63, 3.8) is 0 Å². The van der Waals surface area contributed by atoms with Gasteiger partial charge in [-0.15, -0.1) is 0 Å². The average Bonchev–Trinajstić information content (AvgIpc) is 2.17. The molecular formula is C9H14NOP.